The number of hydrogen-bond acceptors (Lipinski definition) is 5. The fourth-order valence-electron chi connectivity index (χ4n) is 4.00. The summed E-state index contributed by atoms with van der Waals surface area (Å²) in [6.07, 6.45) is -3.47. The second-order valence-electron chi connectivity index (χ2n) is 7.97. The molecule has 1 N–H and O–H groups in total. The Hall–Kier alpha value is -3.52. The van der Waals surface area contributed by atoms with Crippen molar-refractivity contribution in [2.24, 2.45) is 0 Å². The SMILES string of the molecule is Cc1c(OC(F)(F)F)c(C2CCCN2)cc(OCc2ccccc2)c1C(=O)Oc1ccccc1. The van der Waals surface area contributed by atoms with Crippen molar-refractivity contribution < 1.29 is 32.2 Å². The Bertz CT molecular complexity index is 1130. The highest BCUT2D eigenvalue weighted by Crippen LogP contribution is 2.42. The van der Waals surface area contributed by atoms with Crippen molar-refractivity contribution in [1.29, 1.82) is 0 Å². The van der Waals surface area contributed by atoms with Gasteiger partial charge in [-0.05, 0) is 50.1 Å². The van der Waals surface area contributed by atoms with Crippen LogP contribution in [0, 0.1) is 6.92 Å². The predicted molar refractivity (Wildman–Crippen MR) is 120 cm³/mol. The second kappa shape index (κ2) is 10.2. The highest BCUT2D eigenvalue weighted by atomic mass is 19.4. The van der Waals surface area contributed by atoms with Crippen molar-refractivity contribution in [1.82, 2.24) is 5.32 Å². The highest BCUT2D eigenvalue weighted by molar-refractivity contribution is 5.96. The summed E-state index contributed by atoms with van der Waals surface area (Å²) in [5.41, 5.74) is 1.04. The van der Waals surface area contributed by atoms with Gasteiger partial charge >= 0.3 is 12.3 Å². The average Bonchev–Trinajstić information content (AvgIpc) is 3.34. The van der Waals surface area contributed by atoms with Crippen LogP contribution >= 0.6 is 0 Å². The smallest absolute Gasteiger partial charge is 0.488 e. The number of hydrogen-bond donors (Lipinski definition) is 1. The quantitative estimate of drug-likeness (QED) is 0.333. The van der Waals surface area contributed by atoms with Crippen LogP contribution in [0.2, 0.25) is 0 Å². The van der Waals surface area contributed by atoms with E-state index in [1.54, 1.807) is 30.3 Å². The zero-order valence-electron chi connectivity index (χ0n) is 18.5. The molecule has 1 saturated heterocycles. The molecule has 4 rings (SSSR count). The van der Waals surface area contributed by atoms with Crippen LogP contribution in [0.3, 0.4) is 0 Å². The number of esters is 1. The Balaban J connectivity index is 1.79. The summed E-state index contributed by atoms with van der Waals surface area (Å²) >= 11 is 0. The lowest BCUT2D eigenvalue weighted by molar-refractivity contribution is -0.275. The average molecular weight is 471 g/mol. The van der Waals surface area contributed by atoms with Gasteiger partial charge in [0.25, 0.3) is 0 Å². The number of halogens is 3. The third kappa shape index (κ3) is 5.69. The number of ether oxygens (including phenoxy) is 3. The molecule has 1 aliphatic heterocycles. The zero-order chi connectivity index (χ0) is 24.1. The van der Waals surface area contributed by atoms with Gasteiger partial charge in [-0.1, -0.05) is 48.5 Å². The third-order valence-corrected chi connectivity index (χ3v) is 5.56. The van der Waals surface area contributed by atoms with E-state index in [1.165, 1.54) is 13.0 Å². The van der Waals surface area contributed by atoms with Gasteiger partial charge < -0.3 is 19.5 Å². The van der Waals surface area contributed by atoms with Crippen LogP contribution in [0.15, 0.2) is 66.7 Å². The fraction of sp³-hybridized carbons (Fsp3) is 0.269. The summed E-state index contributed by atoms with van der Waals surface area (Å²) in [5, 5.41) is 3.20. The normalized spacial score (nSPS) is 15.7. The van der Waals surface area contributed by atoms with E-state index in [0.717, 1.165) is 12.0 Å². The van der Waals surface area contributed by atoms with E-state index < -0.39 is 18.1 Å². The van der Waals surface area contributed by atoms with Gasteiger partial charge in [0.15, 0.2) is 0 Å². The maximum atomic E-state index is 13.3. The first kappa shape index (κ1) is 23.6. The molecule has 1 heterocycles. The summed E-state index contributed by atoms with van der Waals surface area (Å²) < 4.78 is 55.9. The summed E-state index contributed by atoms with van der Waals surface area (Å²) in [7, 11) is 0. The molecule has 1 aliphatic rings. The molecule has 0 bridgehead atoms. The Morgan fingerprint density at radius 3 is 2.35 bits per heavy atom. The largest absolute Gasteiger partial charge is 0.573 e. The maximum absolute atomic E-state index is 13.3. The van der Waals surface area contributed by atoms with Crippen LogP contribution in [-0.2, 0) is 6.61 Å². The van der Waals surface area contributed by atoms with E-state index in [9.17, 15) is 18.0 Å². The minimum Gasteiger partial charge on any atom is -0.488 e. The van der Waals surface area contributed by atoms with Crippen LogP contribution in [0.1, 0.15) is 45.9 Å². The number of carbonyl (C=O) groups excluding carboxylic acids is 1. The number of carbonyl (C=O) groups is 1. The predicted octanol–water partition coefficient (Wildman–Crippen LogP) is 6.12. The van der Waals surface area contributed by atoms with Gasteiger partial charge in [-0.15, -0.1) is 13.2 Å². The van der Waals surface area contributed by atoms with Crippen molar-refractivity contribution in [3.63, 3.8) is 0 Å². The molecule has 1 atom stereocenters. The molecule has 1 unspecified atom stereocenters. The number of nitrogens with one attached hydrogen (secondary N) is 1. The highest BCUT2D eigenvalue weighted by Gasteiger charge is 2.37. The molecule has 0 saturated carbocycles. The minimum atomic E-state index is -4.93. The van der Waals surface area contributed by atoms with Gasteiger partial charge in [-0.2, -0.15) is 0 Å². The number of para-hydroxylation sites is 1. The first-order valence-electron chi connectivity index (χ1n) is 10.9. The Morgan fingerprint density at radius 1 is 1.06 bits per heavy atom. The Kier molecular flexibility index (Phi) is 7.07. The van der Waals surface area contributed by atoms with Crippen LogP contribution in [-0.4, -0.2) is 18.9 Å². The van der Waals surface area contributed by atoms with Crippen molar-refractivity contribution in [2.45, 2.75) is 38.8 Å². The monoisotopic (exact) mass is 471 g/mol. The molecule has 178 valence electrons. The van der Waals surface area contributed by atoms with Crippen LogP contribution in [0.4, 0.5) is 13.2 Å². The molecular weight excluding hydrogens is 447 g/mol. The van der Waals surface area contributed by atoms with Gasteiger partial charge in [0.2, 0.25) is 0 Å². The van der Waals surface area contributed by atoms with Gasteiger partial charge in [-0.3, -0.25) is 0 Å². The zero-order valence-corrected chi connectivity index (χ0v) is 18.5. The van der Waals surface area contributed by atoms with E-state index >= 15 is 0 Å². The summed E-state index contributed by atoms with van der Waals surface area (Å²) in [4.78, 5) is 13.2. The second-order valence-corrected chi connectivity index (χ2v) is 7.97. The van der Waals surface area contributed by atoms with Gasteiger partial charge in [-0.25, -0.2) is 4.79 Å². The number of alkyl halides is 3. The van der Waals surface area contributed by atoms with E-state index in [0.29, 0.717) is 18.5 Å². The molecule has 3 aromatic carbocycles. The molecule has 0 aliphatic carbocycles. The lowest BCUT2D eigenvalue weighted by Gasteiger charge is -2.23. The number of rotatable bonds is 7. The lowest BCUT2D eigenvalue weighted by Crippen LogP contribution is -2.23. The minimum absolute atomic E-state index is 0.00696. The van der Waals surface area contributed by atoms with Crippen molar-refractivity contribution in [3.8, 4) is 17.2 Å². The summed E-state index contributed by atoms with van der Waals surface area (Å²) in [6.45, 7) is 2.21. The molecule has 3 aromatic rings. The standard InChI is InChI=1S/C26H24F3NO4/c1-17-23(25(31)33-19-11-6-3-7-12-19)22(32-16-18-9-4-2-5-10-18)15-20(21-13-8-14-30-21)24(17)34-26(27,28)29/h2-7,9-12,15,21,30H,8,13-14,16H2,1H3. The lowest BCUT2D eigenvalue weighted by atomic mass is 9.96. The maximum Gasteiger partial charge on any atom is 0.573 e. The van der Waals surface area contributed by atoms with E-state index in [2.05, 4.69) is 10.1 Å². The first-order chi connectivity index (χ1) is 16.3. The van der Waals surface area contributed by atoms with Crippen LogP contribution in [0.5, 0.6) is 17.2 Å². The van der Waals surface area contributed by atoms with Crippen molar-refractivity contribution in [3.05, 3.63) is 89.0 Å². The topological polar surface area (TPSA) is 56.8 Å². The van der Waals surface area contributed by atoms with Gasteiger partial charge in [0.1, 0.15) is 29.4 Å². The molecule has 1 fully saturated rings. The van der Waals surface area contributed by atoms with Crippen LogP contribution < -0.4 is 19.5 Å². The van der Waals surface area contributed by atoms with Crippen molar-refractivity contribution >= 4 is 5.97 Å². The van der Waals surface area contributed by atoms with E-state index in [-0.39, 0.29) is 35.3 Å². The Labute approximate surface area is 195 Å². The van der Waals surface area contributed by atoms with Gasteiger partial charge in [0, 0.05) is 17.2 Å². The van der Waals surface area contributed by atoms with E-state index in [1.807, 2.05) is 30.3 Å². The number of benzene rings is 3. The molecule has 0 amide bonds. The fourth-order valence-corrected chi connectivity index (χ4v) is 4.00. The Morgan fingerprint density at radius 2 is 1.74 bits per heavy atom. The third-order valence-electron chi connectivity index (χ3n) is 5.56. The molecule has 34 heavy (non-hydrogen) atoms. The van der Waals surface area contributed by atoms with Gasteiger partial charge in [0.05, 0.1) is 0 Å². The first-order valence-corrected chi connectivity index (χ1v) is 10.9. The molecule has 0 spiro atoms. The summed E-state index contributed by atoms with van der Waals surface area (Å²) in [5.74, 6) is -0.829. The van der Waals surface area contributed by atoms with E-state index in [4.69, 9.17) is 9.47 Å². The molecule has 0 radical (unpaired) electrons. The molecule has 5 nitrogen and oxygen atoms in total. The molecular formula is C26H24F3NO4. The summed E-state index contributed by atoms with van der Waals surface area (Å²) in [6, 6.07) is 18.7. The van der Waals surface area contributed by atoms with Crippen molar-refractivity contribution in [2.75, 3.05) is 6.54 Å². The van der Waals surface area contributed by atoms with Crippen LogP contribution in [0.25, 0.3) is 0 Å². The molecule has 0 aromatic heterocycles. The molecule has 8 heteroatoms.